The molecule has 0 aliphatic carbocycles. The van der Waals surface area contributed by atoms with Crippen LogP contribution < -0.4 is 5.32 Å². The lowest BCUT2D eigenvalue weighted by Gasteiger charge is -2.13. The number of ether oxygens (including phenoxy) is 1. The molecule has 0 unspecified atom stereocenters. The second-order valence-electron chi connectivity index (χ2n) is 8.14. The molecule has 0 saturated heterocycles. The summed E-state index contributed by atoms with van der Waals surface area (Å²) in [5, 5.41) is 3.29. The summed E-state index contributed by atoms with van der Waals surface area (Å²) < 4.78 is 43.5. The Bertz CT molecular complexity index is 1240. The van der Waals surface area contributed by atoms with E-state index in [1.54, 1.807) is 19.1 Å². The van der Waals surface area contributed by atoms with E-state index in [0.717, 1.165) is 17.7 Å². The van der Waals surface area contributed by atoms with Gasteiger partial charge in [0.15, 0.2) is 0 Å². The summed E-state index contributed by atoms with van der Waals surface area (Å²) in [6, 6.07) is 11.7. The molecule has 35 heavy (non-hydrogen) atoms. The molecular weight excluding hydrogens is 455 g/mol. The fourth-order valence-corrected chi connectivity index (χ4v) is 3.17. The van der Waals surface area contributed by atoms with E-state index in [2.05, 4.69) is 27.1 Å². The van der Waals surface area contributed by atoms with E-state index in [0.29, 0.717) is 47.2 Å². The number of benzene rings is 2. The van der Waals surface area contributed by atoms with Gasteiger partial charge in [0.05, 0.1) is 29.0 Å². The fourth-order valence-electron chi connectivity index (χ4n) is 3.17. The SMILES string of the molecule is CCOC(=O)c1ccc(CNc2nc(C(C)C)nc(C)c2C#Cc2ccc(C(F)(F)F)cc2)cc1. The number of anilines is 1. The van der Waals surface area contributed by atoms with Crippen molar-refractivity contribution in [3.05, 3.63) is 87.9 Å². The lowest BCUT2D eigenvalue weighted by Crippen LogP contribution is -2.10. The third-order valence-electron chi connectivity index (χ3n) is 5.09. The Morgan fingerprint density at radius 2 is 1.69 bits per heavy atom. The van der Waals surface area contributed by atoms with Gasteiger partial charge in [0.2, 0.25) is 0 Å². The van der Waals surface area contributed by atoms with Crippen LogP contribution >= 0.6 is 0 Å². The number of aryl methyl sites for hydroxylation is 1. The Balaban J connectivity index is 1.86. The van der Waals surface area contributed by atoms with Gasteiger partial charge in [0.1, 0.15) is 11.6 Å². The number of nitrogens with one attached hydrogen (secondary N) is 1. The van der Waals surface area contributed by atoms with Crippen LogP contribution in [0.15, 0.2) is 48.5 Å². The van der Waals surface area contributed by atoms with E-state index in [1.165, 1.54) is 12.1 Å². The predicted octanol–water partition coefficient (Wildman–Crippen LogP) is 6.12. The summed E-state index contributed by atoms with van der Waals surface area (Å²) >= 11 is 0. The largest absolute Gasteiger partial charge is 0.462 e. The molecule has 182 valence electrons. The third-order valence-corrected chi connectivity index (χ3v) is 5.09. The van der Waals surface area contributed by atoms with E-state index in [-0.39, 0.29) is 11.9 Å². The van der Waals surface area contributed by atoms with Gasteiger partial charge in [0.25, 0.3) is 0 Å². The summed E-state index contributed by atoms with van der Waals surface area (Å²) in [7, 11) is 0. The number of aromatic nitrogens is 2. The minimum Gasteiger partial charge on any atom is -0.462 e. The minimum absolute atomic E-state index is 0.0926. The molecule has 2 aromatic carbocycles. The Morgan fingerprint density at radius 1 is 1.03 bits per heavy atom. The van der Waals surface area contributed by atoms with Gasteiger partial charge >= 0.3 is 12.1 Å². The molecule has 1 heterocycles. The second-order valence-corrected chi connectivity index (χ2v) is 8.14. The number of hydrogen-bond acceptors (Lipinski definition) is 5. The molecule has 3 aromatic rings. The molecule has 0 spiro atoms. The zero-order chi connectivity index (χ0) is 25.6. The van der Waals surface area contributed by atoms with Crippen LogP contribution in [-0.4, -0.2) is 22.5 Å². The Kier molecular flexibility index (Phi) is 8.13. The van der Waals surface area contributed by atoms with Crippen LogP contribution in [0.3, 0.4) is 0 Å². The van der Waals surface area contributed by atoms with Crippen molar-refractivity contribution in [2.24, 2.45) is 0 Å². The van der Waals surface area contributed by atoms with Crippen LogP contribution in [0.1, 0.15) is 70.8 Å². The van der Waals surface area contributed by atoms with E-state index >= 15 is 0 Å². The minimum atomic E-state index is -4.39. The second kappa shape index (κ2) is 11.0. The van der Waals surface area contributed by atoms with Crippen LogP contribution in [0, 0.1) is 18.8 Å². The molecule has 0 fully saturated rings. The first-order chi connectivity index (χ1) is 16.6. The predicted molar refractivity (Wildman–Crippen MR) is 128 cm³/mol. The number of rotatable bonds is 6. The van der Waals surface area contributed by atoms with E-state index in [1.807, 2.05) is 32.9 Å². The van der Waals surface area contributed by atoms with Crippen molar-refractivity contribution in [2.45, 2.75) is 46.3 Å². The summed E-state index contributed by atoms with van der Waals surface area (Å²) in [5.74, 6) is 6.84. The number of esters is 1. The normalized spacial score (nSPS) is 11.1. The van der Waals surface area contributed by atoms with Crippen LogP contribution in [0.2, 0.25) is 0 Å². The molecule has 0 radical (unpaired) electrons. The van der Waals surface area contributed by atoms with Crippen LogP contribution in [0.25, 0.3) is 0 Å². The summed E-state index contributed by atoms with van der Waals surface area (Å²) in [6.07, 6.45) is -4.39. The highest BCUT2D eigenvalue weighted by Gasteiger charge is 2.29. The van der Waals surface area contributed by atoms with Crippen molar-refractivity contribution >= 4 is 11.8 Å². The molecule has 5 nitrogen and oxygen atoms in total. The average molecular weight is 482 g/mol. The number of alkyl halides is 3. The van der Waals surface area contributed by atoms with Crippen molar-refractivity contribution in [1.29, 1.82) is 0 Å². The smallest absolute Gasteiger partial charge is 0.416 e. The molecule has 0 bridgehead atoms. The zero-order valence-electron chi connectivity index (χ0n) is 20.0. The molecule has 0 saturated carbocycles. The molecule has 0 amide bonds. The van der Waals surface area contributed by atoms with Gasteiger partial charge in [-0.1, -0.05) is 37.8 Å². The number of nitrogens with zero attached hydrogens (tertiary/aromatic N) is 2. The van der Waals surface area contributed by atoms with Gasteiger partial charge in [-0.15, -0.1) is 0 Å². The first-order valence-corrected chi connectivity index (χ1v) is 11.2. The zero-order valence-corrected chi connectivity index (χ0v) is 20.0. The molecule has 0 aliphatic heterocycles. The lowest BCUT2D eigenvalue weighted by molar-refractivity contribution is -0.137. The maximum Gasteiger partial charge on any atom is 0.416 e. The first kappa shape index (κ1) is 25.8. The van der Waals surface area contributed by atoms with Crippen molar-refractivity contribution in [2.75, 3.05) is 11.9 Å². The summed E-state index contributed by atoms with van der Waals surface area (Å²) in [5.41, 5.74) is 2.35. The molecule has 0 atom stereocenters. The maximum atomic E-state index is 12.8. The van der Waals surface area contributed by atoms with Gasteiger partial charge in [0, 0.05) is 18.0 Å². The Hall–Kier alpha value is -3.86. The van der Waals surface area contributed by atoms with Crippen molar-refractivity contribution in [3.8, 4) is 11.8 Å². The molecule has 1 aromatic heterocycles. The monoisotopic (exact) mass is 481 g/mol. The van der Waals surface area contributed by atoms with Crippen LogP contribution in [0.5, 0.6) is 0 Å². The maximum absolute atomic E-state index is 12.8. The number of carbonyl (C=O) groups excluding carboxylic acids is 1. The van der Waals surface area contributed by atoms with Gasteiger partial charge in [-0.25, -0.2) is 14.8 Å². The van der Waals surface area contributed by atoms with Crippen molar-refractivity contribution in [3.63, 3.8) is 0 Å². The highest BCUT2D eigenvalue weighted by Crippen LogP contribution is 2.29. The van der Waals surface area contributed by atoms with Gasteiger partial charge in [-0.2, -0.15) is 13.2 Å². The van der Waals surface area contributed by atoms with Crippen molar-refractivity contribution in [1.82, 2.24) is 9.97 Å². The Labute approximate surface area is 202 Å². The van der Waals surface area contributed by atoms with Gasteiger partial charge < -0.3 is 10.1 Å². The quantitative estimate of drug-likeness (QED) is 0.340. The van der Waals surface area contributed by atoms with Gasteiger partial charge in [-0.3, -0.25) is 0 Å². The summed E-state index contributed by atoms with van der Waals surface area (Å²) in [4.78, 5) is 21.0. The summed E-state index contributed by atoms with van der Waals surface area (Å²) in [6.45, 7) is 8.28. The average Bonchev–Trinajstić information content (AvgIpc) is 2.82. The Morgan fingerprint density at radius 3 is 2.26 bits per heavy atom. The standard InChI is InChI=1S/C27H26F3N3O2/c1-5-35-26(34)21-11-6-20(7-12-21)16-31-25-23(18(4)32-24(33-25)17(2)3)15-10-19-8-13-22(14-9-19)27(28,29)30/h6-9,11-14,17H,5,16H2,1-4H3,(H,31,32,33). The number of carbonyl (C=O) groups is 1. The fraction of sp³-hybridized carbons (Fsp3) is 0.296. The van der Waals surface area contributed by atoms with Crippen molar-refractivity contribution < 1.29 is 22.7 Å². The van der Waals surface area contributed by atoms with Crippen LogP contribution in [-0.2, 0) is 17.5 Å². The molecule has 3 rings (SSSR count). The van der Waals surface area contributed by atoms with Crippen LogP contribution in [0.4, 0.5) is 19.0 Å². The lowest BCUT2D eigenvalue weighted by atomic mass is 10.1. The molecule has 1 N–H and O–H groups in total. The van der Waals surface area contributed by atoms with E-state index in [9.17, 15) is 18.0 Å². The molecule has 0 aliphatic rings. The number of hydrogen-bond donors (Lipinski definition) is 1. The first-order valence-electron chi connectivity index (χ1n) is 11.2. The molecule has 8 heteroatoms. The topological polar surface area (TPSA) is 64.1 Å². The molecular formula is C27H26F3N3O2. The third kappa shape index (κ3) is 6.82. The van der Waals surface area contributed by atoms with E-state index < -0.39 is 11.7 Å². The highest BCUT2D eigenvalue weighted by atomic mass is 19.4. The number of halogens is 3. The highest BCUT2D eigenvalue weighted by molar-refractivity contribution is 5.89. The van der Waals surface area contributed by atoms with E-state index in [4.69, 9.17) is 4.74 Å². The van der Waals surface area contributed by atoms with Gasteiger partial charge in [-0.05, 0) is 55.8 Å².